The third-order valence-corrected chi connectivity index (χ3v) is 4.23. The number of benzene rings is 1. The number of nitrogens with two attached hydrogens (primary N) is 1. The predicted octanol–water partition coefficient (Wildman–Crippen LogP) is 1.04. The van der Waals surface area contributed by atoms with Crippen LogP contribution in [0.15, 0.2) is 23.1 Å². The fourth-order valence-electron chi connectivity index (χ4n) is 1.47. The summed E-state index contributed by atoms with van der Waals surface area (Å²) in [5.74, 6) is -0.165. The van der Waals surface area contributed by atoms with Crippen molar-refractivity contribution in [1.29, 1.82) is 0 Å². The second-order valence-corrected chi connectivity index (χ2v) is 7.41. The van der Waals surface area contributed by atoms with Gasteiger partial charge in [0.05, 0.1) is 10.6 Å². The molecule has 0 fully saturated rings. The summed E-state index contributed by atoms with van der Waals surface area (Å²) in [6, 6.07) is 3.38. The Kier molecular flexibility index (Phi) is 5.45. The van der Waals surface area contributed by atoms with E-state index in [0.29, 0.717) is 12.2 Å². The van der Waals surface area contributed by atoms with Gasteiger partial charge < -0.3 is 5.32 Å². The first kappa shape index (κ1) is 16.1. The third kappa shape index (κ3) is 5.25. The number of anilines is 1. The molecule has 0 saturated heterocycles. The second-order valence-electron chi connectivity index (χ2n) is 4.30. The van der Waals surface area contributed by atoms with Crippen molar-refractivity contribution in [3.63, 3.8) is 0 Å². The van der Waals surface area contributed by atoms with E-state index >= 15 is 0 Å². The number of hydrogen-bond acceptors (Lipinski definition) is 4. The van der Waals surface area contributed by atoms with Crippen molar-refractivity contribution in [2.24, 2.45) is 5.14 Å². The molecule has 1 rings (SSSR count). The van der Waals surface area contributed by atoms with E-state index in [4.69, 9.17) is 5.14 Å². The number of halogens is 1. The first-order chi connectivity index (χ1) is 8.70. The van der Waals surface area contributed by atoms with E-state index in [-0.39, 0.29) is 16.6 Å². The molecule has 5 nitrogen and oxygen atoms in total. The average molecular weight is 308 g/mol. The van der Waals surface area contributed by atoms with Crippen molar-refractivity contribution in [3.05, 3.63) is 24.0 Å². The first-order valence-corrected chi connectivity index (χ1v) is 8.86. The standard InChI is InChI=1S/C11H17FN2O3S2/c1-8(5-6-18(2)15)14-11-4-3-9(7-10(11)12)19(13,16)17/h3-4,7-8,14H,5-6H2,1-2H3,(H2,13,16,17). The van der Waals surface area contributed by atoms with Crippen LogP contribution in [0.5, 0.6) is 0 Å². The highest BCUT2D eigenvalue weighted by molar-refractivity contribution is 7.89. The monoisotopic (exact) mass is 308 g/mol. The van der Waals surface area contributed by atoms with E-state index in [1.54, 1.807) is 6.26 Å². The van der Waals surface area contributed by atoms with Crippen LogP contribution in [0, 0.1) is 5.82 Å². The highest BCUT2D eigenvalue weighted by Crippen LogP contribution is 2.19. The summed E-state index contributed by atoms with van der Waals surface area (Å²) in [5, 5.41) is 7.81. The summed E-state index contributed by atoms with van der Waals surface area (Å²) in [5.41, 5.74) is 0.196. The lowest BCUT2D eigenvalue weighted by Crippen LogP contribution is -2.19. The van der Waals surface area contributed by atoms with Crippen LogP contribution in [0.25, 0.3) is 0 Å². The third-order valence-electron chi connectivity index (χ3n) is 2.51. The predicted molar refractivity (Wildman–Crippen MR) is 74.4 cm³/mol. The fourth-order valence-corrected chi connectivity index (χ4v) is 2.68. The molecule has 1 aromatic carbocycles. The van der Waals surface area contributed by atoms with Gasteiger partial charge in [0.25, 0.3) is 0 Å². The minimum atomic E-state index is -3.90. The highest BCUT2D eigenvalue weighted by Gasteiger charge is 2.13. The van der Waals surface area contributed by atoms with Crippen LogP contribution < -0.4 is 10.5 Å². The number of sulfonamides is 1. The van der Waals surface area contributed by atoms with Gasteiger partial charge in [0.15, 0.2) is 0 Å². The normalized spacial score (nSPS) is 14.9. The minimum absolute atomic E-state index is 0.0706. The molecule has 0 aliphatic carbocycles. The molecule has 0 bridgehead atoms. The van der Waals surface area contributed by atoms with Gasteiger partial charge in [-0.2, -0.15) is 0 Å². The van der Waals surface area contributed by atoms with Crippen molar-refractivity contribution in [1.82, 2.24) is 0 Å². The first-order valence-electron chi connectivity index (χ1n) is 5.59. The minimum Gasteiger partial charge on any atom is -0.380 e. The number of nitrogens with one attached hydrogen (secondary N) is 1. The Morgan fingerprint density at radius 2 is 2.11 bits per heavy atom. The smallest absolute Gasteiger partial charge is 0.238 e. The van der Waals surface area contributed by atoms with Gasteiger partial charge in [0.2, 0.25) is 10.0 Å². The fraction of sp³-hybridized carbons (Fsp3) is 0.455. The Morgan fingerprint density at radius 3 is 2.58 bits per heavy atom. The highest BCUT2D eigenvalue weighted by atomic mass is 32.2. The van der Waals surface area contributed by atoms with Crippen molar-refractivity contribution >= 4 is 26.5 Å². The van der Waals surface area contributed by atoms with Gasteiger partial charge in [-0.1, -0.05) is 0 Å². The van der Waals surface area contributed by atoms with Crippen molar-refractivity contribution in [3.8, 4) is 0 Å². The van der Waals surface area contributed by atoms with Crippen LogP contribution in [0.1, 0.15) is 13.3 Å². The summed E-state index contributed by atoms with van der Waals surface area (Å²) < 4.78 is 46.8. The lowest BCUT2D eigenvalue weighted by molar-refractivity contribution is 0.592. The van der Waals surface area contributed by atoms with Crippen LogP contribution in [-0.2, 0) is 20.8 Å². The maximum Gasteiger partial charge on any atom is 0.238 e. The van der Waals surface area contributed by atoms with Crippen molar-refractivity contribution in [2.75, 3.05) is 17.3 Å². The zero-order valence-electron chi connectivity index (χ0n) is 10.7. The van der Waals surface area contributed by atoms with Crippen LogP contribution in [0.3, 0.4) is 0 Å². The van der Waals surface area contributed by atoms with E-state index in [1.807, 2.05) is 6.92 Å². The maximum absolute atomic E-state index is 13.7. The van der Waals surface area contributed by atoms with Gasteiger partial charge in [-0.3, -0.25) is 4.21 Å². The molecule has 8 heteroatoms. The molecule has 0 radical (unpaired) electrons. The molecule has 0 spiro atoms. The quantitative estimate of drug-likeness (QED) is 0.822. The Labute approximate surface area is 114 Å². The molecule has 0 aromatic heterocycles. The van der Waals surface area contributed by atoms with E-state index < -0.39 is 26.6 Å². The van der Waals surface area contributed by atoms with Crippen LogP contribution in [-0.4, -0.2) is 30.7 Å². The largest absolute Gasteiger partial charge is 0.380 e. The van der Waals surface area contributed by atoms with E-state index in [0.717, 1.165) is 6.07 Å². The lowest BCUT2D eigenvalue weighted by Gasteiger charge is -2.15. The lowest BCUT2D eigenvalue weighted by atomic mass is 10.2. The van der Waals surface area contributed by atoms with Gasteiger partial charge in [0.1, 0.15) is 5.82 Å². The molecule has 19 heavy (non-hydrogen) atoms. The van der Waals surface area contributed by atoms with Crippen molar-refractivity contribution < 1.29 is 17.0 Å². The SMILES string of the molecule is CC(CCS(C)=O)Nc1ccc(S(N)(=O)=O)cc1F. The molecule has 0 saturated carbocycles. The molecule has 0 aliphatic heterocycles. The Balaban J connectivity index is 2.78. The molecular weight excluding hydrogens is 291 g/mol. The Bertz CT molecular complexity index is 575. The molecule has 1 aromatic rings. The van der Waals surface area contributed by atoms with Crippen LogP contribution in [0.4, 0.5) is 10.1 Å². The Morgan fingerprint density at radius 1 is 1.47 bits per heavy atom. The maximum atomic E-state index is 13.7. The summed E-state index contributed by atoms with van der Waals surface area (Å²) in [4.78, 5) is -0.266. The summed E-state index contributed by atoms with van der Waals surface area (Å²) in [6.45, 7) is 1.83. The molecule has 0 heterocycles. The van der Waals surface area contributed by atoms with Gasteiger partial charge in [-0.15, -0.1) is 0 Å². The molecule has 2 atom stereocenters. The number of primary sulfonamides is 1. The molecule has 0 amide bonds. The summed E-state index contributed by atoms with van der Waals surface area (Å²) >= 11 is 0. The van der Waals surface area contributed by atoms with Gasteiger partial charge in [0, 0.05) is 28.9 Å². The molecular formula is C11H17FN2O3S2. The van der Waals surface area contributed by atoms with Gasteiger partial charge >= 0.3 is 0 Å². The number of rotatable bonds is 6. The molecule has 3 N–H and O–H groups in total. The van der Waals surface area contributed by atoms with Crippen LogP contribution >= 0.6 is 0 Å². The zero-order valence-corrected chi connectivity index (χ0v) is 12.4. The Hall–Kier alpha value is -0.990. The molecule has 108 valence electrons. The molecule has 2 unspecified atom stereocenters. The topological polar surface area (TPSA) is 89.3 Å². The second kappa shape index (κ2) is 6.44. The zero-order chi connectivity index (χ0) is 14.6. The van der Waals surface area contributed by atoms with E-state index in [9.17, 15) is 17.0 Å². The van der Waals surface area contributed by atoms with Gasteiger partial charge in [-0.05, 0) is 31.5 Å². The van der Waals surface area contributed by atoms with E-state index in [2.05, 4.69) is 5.32 Å². The summed E-state index contributed by atoms with van der Waals surface area (Å²) in [7, 11) is -4.79. The van der Waals surface area contributed by atoms with Gasteiger partial charge in [-0.25, -0.2) is 17.9 Å². The number of hydrogen-bond donors (Lipinski definition) is 2. The van der Waals surface area contributed by atoms with Crippen LogP contribution in [0.2, 0.25) is 0 Å². The molecule has 0 aliphatic rings. The van der Waals surface area contributed by atoms with E-state index in [1.165, 1.54) is 12.1 Å². The summed E-state index contributed by atoms with van der Waals surface area (Å²) in [6.07, 6.45) is 2.23. The average Bonchev–Trinajstić information content (AvgIpc) is 2.27. The van der Waals surface area contributed by atoms with Crippen molar-refractivity contribution in [2.45, 2.75) is 24.3 Å².